The number of aliphatic carboxylic acids is 1. The second-order valence-electron chi connectivity index (χ2n) is 5.36. The molecule has 10 heteroatoms. The van der Waals surface area contributed by atoms with Crippen molar-refractivity contribution in [3.63, 3.8) is 0 Å². The molecule has 0 radical (unpaired) electrons. The van der Waals surface area contributed by atoms with Crippen LogP contribution >= 0.6 is 0 Å². The molecule has 0 saturated heterocycles. The number of amides is 1. The molecule has 1 amide bonds. The van der Waals surface area contributed by atoms with Crippen molar-refractivity contribution in [3.05, 3.63) is 46.5 Å². The van der Waals surface area contributed by atoms with E-state index < -0.39 is 23.3 Å². The van der Waals surface area contributed by atoms with Gasteiger partial charge in [-0.3, -0.25) is 19.7 Å². The maximum absolute atomic E-state index is 12.5. The Labute approximate surface area is 135 Å². The molecule has 3 rings (SSSR count). The summed E-state index contributed by atoms with van der Waals surface area (Å²) in [4.78, 5) is 39.1. The van der Waals surface area contributed by atoms with Gasteiger partial charge in [0.2, 0.25) is 0 Å². The molecule has 0 spiro atoms. The van der Waals surface area contributed by atoms with Crippen molar-refractivity contribution in [3.8, 4) is 5.69 Å². The maximum Gasteiger partial charge on any atom is 0.323 e. The fourth-order valence-electron chi connectivity index (χ4n) is 2.39. The highest BCUT2D eigenvalue weighted by molar-refractivity contribution is 5.97. The second-order valence-corrected chi connectivity index (χ2v) is 5.36. The van der Waals surface area contributed by atoms with Crippen LogP contribution in [0.3, 0.4) is 0 Å². The van der Waals surface area contributed by atoms with Crippen molar-refractivity contribution < 1.29 is 19.6 Å². The van der Waals surface area contributed by atoms with E-state index in [0.717, 1.165) is 18.9 Å². The van der Waals surface area contributed by atoms with Crippen LogP contribution < -0.4 is 0 Å². The summed E-state index contributed by atoms with van der Waals surface area (Å²) in [6, 6.07) is 3.83. The number of carbonyl (C=O) groups excluding carboxylic acids is 1. The van der Waals surface area contributed by atoms with Crippen LogP contribution in [0.25, 0.3) is 5.69 Å². The molecular formula is C14H13N5O5. The van der Waals surface area contributed by atoms with Crippen LogP contribution in [0.15, 0.2) is 30.9 Å². The second kappa shape index (κ2) is 6.07. The van der Waals surface area contributed by atoms with Crippen molar-refractivity contribution in [1.82, 2.24) is 19.7 Å². The van der Waals surface area contributed by atoms with E-state index in [2.05, 4.69) is 10.1 Å². The van der Waals surface area contributed by atoms with Crippen LogP contribution in [0.4, 0.5) is 5.69 Å². The topological polar surface area (TPSA) is 131 Å². The van der Waals surface area contributed by atoms with Gasteiger partial charge in [-0.15, -0.1) is 0 Å². The van der Waals surface area contributed by atoms with Gasteiger partial charge in [-0.1, -0.05) is 0 Å². The Balaban J connectivity index is 1.96. The van der Waals surface area contributed by atoms with Gasteiger partial charge in [0.1, 0.15) is 24.9 Å². The Kier molecular flexibility index (Phi) is 3.94. The molecule has 10 nitrogen and oxygen atoms in total. The van der Waals surface area contributed by atoms with Crippen LogP contribution in [0.1, 0.15) is 23.2 Å². The summed E-state index contributed by atoms with van der Waals surface area (Å²) in [5.41, 5.74) is -0.0682. The van der Waals surface area contributed by atoms with E-state index in [-0.39, 0.29) is 23.0 Å². The number of nitro groups is 1. The number of carboxylic acid groups (broad SMARTS) is 1. The predicted octanol–water partition coefficient (Wildman–Crippen LogP) is 0.865. The average molecular weight is 331 g/mol. The fourth-order valence-corrected chi connectivity index (χ4v) is 2.39. The molecule has 1 N–H and O–H groups in total. The fraction of sp³-hybridized carbons (Fsp3) is 0.286. The minimum absolute atomic E-state index is 0.0683. The average Bonchev–Trinajstić information content (AvgIpc) is 3.25. The number of rotatable bonds is 6. The van der Waals surface area contributed by atoms with Gasteiger partial charge < -0.3 is 10.0 Å². The first-order valence-electron chi connectivity index (χ1n) is 7.13. The lowest BCUT2D eigenvalue weighted by molar-refractivity contribution is -0.384. The standard InChI is InChI=1S/C14H13N5O5/c20-13(21)6-17(10-2-3-10)14(22)9-1-4-11(12(5-9)19(23)24)18-8-15-7-16-18/h1,4-5,7-8,10H,2-3,6H2,(H,20,21). The Morgan fingerprint density at radius 1 is 1.42 bits per heavy atom. The maximum atomic E-state index is 12.5. The molecule has 24 heavy (non-hydrogen) atoms. The van der Waals surface area contributed by atoms with Crippen molar-refractivity contribution in [2.75, 3.05) is 6.54 Å². The third-order valence-corrected chi connectivity index (χ3v) is 3.64. The Hall–Kier alpha value is -3.30. The van der Waals surface area contributed by atoms with E-state index in [4.69, 9.17) is 5.11 Å². The highest BCUT2D eigenvalue weighted by Crippen LogP contribution is 2.30. The molecular weight excluding hydrogens is 318 g/mol. The minimum Gasteiger partial charge on any atom is -0.480 e. The van der Waals surface area contributed by atoms with Gasteiger partial charge in [-0.25, -0.2) is 9.67 Å². The summed E-state index contributed by atoms with van der Waals surface area (Å²) in [5, 5.41) is 24.1. The molecule has 124 valence electrons. The first-order chi connectivity index (χ1) is 11.5. The zero-order valence-electron chi connectivity index (χ0n) is 12.4. The lowest BCUT2D eigenvalue weighted by Crippen LogP contribution is -2.37. The molecule has 1 aromatic heterocycles. The van der Waals surface area contributed by atoms with E-state index in [1.807, 2.05) is 0 Å². The number of nitrogens with zero attached hydrogens (tertiary/aromatic N) is 5. The van der Waals surface area contributed by atoms with E-state index in [9.17, 15) is 19.7 Å². The molecule has 1 aliphatic rings. The first-order valence-corrected chi connectivity index (χ1v) is 7.13. The molecule has 0 unspecified atom stereocenters. The number of aromatic nitrogens is 3. The molecule has 0 bridgehead atoms. The van der Waals surface area contributed by atoms with Crippen molar-refractivity contribution in [2.45, 2.75) is 18.9 Å². The van der Waals surface area contributed by atoms with E-state index in [1.165, 1.54) is 34.4 Å². The largest absolute Gasteiger partial charge is 0.480 e. The summed E-state index contributed by atoms with van der Waals surface area (Å²) in [6.45, 7) is -0.428. The Morgan fingerprint density at radius 3 is 2.71 bits per heavy atom. The zero-order valence-corrected chi connectivity index (χ0v) is 12.4. The minimum atomic E-state index is -1.12. The highest BCUT2D eigenvalue weighted by Gasteiger charge is 2.35. The molecule has 1 heterocycles. The van der Waals surface area contributed by atoms with Crippen LogP contribution in [0.2, 0.25) is 0 Å². The number of nitro benzene ring substituents is 1. The predicted molar refractivity (Wildman–Crippen MR) is 79.7 cm³/mol. The van der Waals surface area contributed by atoms with Gasteiger partial charge in [-0.2, -0.15) is 5.10 Å². The Morgan fingerprint density at radius 2 is 2.17 bits per heavy atom. The lowest BCUT2D eigenvalue weighted by Gasteiger charge is -2.20. The molecule has 1 fully saturated rings. The number of benzene rings is 1. The van der Waals surface area contributed by atoms with Gasteiger partial charge in [0.05, 0.1) is 4.92 Å². The summed E-state index contributed by atoms with van der Waals surface area (Å²) in [6.07, 6.45) is 4.02. The summed E-state index contributed by atoms with van der Waals surface area (Å²) in [5.74, 6) is -1.66. The Bertz CT molecular complexity index is 800. The molecule has 1 aliphatic carbocycles. The van der Waals surface area contributed by atoms with Crippen molar-refractivity contribution in [2.24, 2.45) is 0 Å². The number of hydrogen-bond acceptors (Lipinski definition) is 6. The van der Waals surface area contributed by atoms with Crippen LogP contribution in [-0.4, -0.2) is 54.2 Å². The van der Waals surface area contributed by atoms with Gasteiger partial charge in [0, 0.05) is 17.7 Å². The van der Waals surface area contributed by atoms with Crippen LogP contribution in [0.5, 0.6) is 0 Å². The highest BCUT2D eigenvalue weighted by atomic mass is 16.6. The monoisotopic (exact) mass is 331 g/mol. The molecule has 1 saturated carbocycles. The van der Waals surface area contributed by atoms with Crippen LogP contribution in [-0.2, 0) is 4.79 Å². The molecule has 0 atom stereocenters. The van der Waals surface area contributed by atoms with Crippen molar-refractivity contribution >= 4 is 17.6 Å². The van der Waals surface area contributed by atoms with Crippen LogP contribution in [0, 0.1) is 10.1 Å². The zero-order chi connectivity index (χ0) is 17.3. The van der Waals surface area contributed by atoms with Gasteiger partial charge in [0.25, 0.3) is 11.6 Å². The summed E-state index contributed by atoms with van der Waals surface area (Å²) >= 11 is 0. The van der Waals surface area contributed by atoms with Gasteiger partial charge in [-0.05, 0) is 25.0 Å². The SMILES string of the molecule is O=C(O)CN(C(=O)c1ccc(-n2cncn2)c([N+](=O)[O-])c1)C1CC1. The number of carbonyl (C=O) groups is 2. The number of hydrogen-bond donors (Lipinski definition) is 1. The third kappa shape index (κ3) is 3.07. The van der Waals surface area contributed by atoms with Gasteiger partial charge >= 0.3 is 5.97 Å². The third-order valence-electron chi connectivity index (χ3n) is 3.64. The van der Waals surface area contributed by atoms with E-state index >= 15 is 0 Å². The quantitative estimate of drug-likeness (QED) is 0.613. The first kappa shape index (κ1) is 15.6. The smallest absolute Gasteiger partial charge is 0.323 e. The number of carboxylic acids is 1. The summed E-state index contributed by atoms with van der Waals surface area (Å²) in [7, 11) is 0. The molecule has 2 aromatic rings. The van der Waals surface area contributed by atoms with Crippen molar-refractivity contribution in [1.29, 1.82) is 0 Å². The van der Waals surface area contributed by atoms with Gasteiger partial charge in [0.15, 0.2) is 0 Å². The normalized spacial score (nSPS) is 13.5. The molecule has 0 aliphatic heterocycles. The summed E-state index contributed by atoms with van der Waals surface area (Å²) < 4.78 is 1.22. The van der Waals surface area contributed by atoms with E-state index in [0.29, 0.717) is 0 Å². The van der Waals surface area contributed by atoms with E-state index in [1.54, 1.807) is 0 Å². The molecule has 1 aromatic carbocycles. The lowest BCUT2D eigenvalue weighted by atomic mass is 10.1.